The Balaban J connectivity index is 1.96. The van der Waals surface area contributed by atoms with Crippen molar-refractivity contribution >= 4 is 0 Å². The fraction of sp³-hybridized carbons (Fsp3) is 0.154. The third-order valence-electron chi connectivity index (χ3n) is 2.06. The van der Waals surface area contributed by atoms with Crippen molar-refractivity contribution in [3.8, 4) is 5.88 Å². The maximum atomic E-state index is 5.52. The van der Waals surface area contributed by atoms with Gasteiger partial charge in [-0.15, -0.1) is 0 Å². The number of aromatic nitrogens is 1. The molecule has 15 heavy (non-hydrogen) atoms. The van der Waals surface area contributed by atoms with Gasteiger partial charge < -0.3 is 4.74 Å². The van der Waals surface area contributed by atoms with E-state index in [-0.39, 0.29) is 0 Å². The zero-order valence-corrected chi connectivity index (χ0v) is 8.60. The lowest BCUT2D eigenvalue weighted by atomic mass is 10.2. The van der Waals surface area contributed by atoms with Crippen LogP contribution in [-0.4, -0.2) is 4.98 Å². The highest BCUT2D eigenvalue weighted by atomic mass is 16.5. The van der Waals surface area contributed by atoms with E-state index in [1.807, 2.05) is 43.3 Å². The minimum atomic E-state index is 0.546. The third-order valence-corrected chi connectivity index (χ3v) is 2.06. The molecule has 2 nitrogen and oxygen atoms in total. The Labute approximate surface area is 89.6 Å². The Bertz CT molecular complexity index is 408. The van der Waals surface area contributed by atoms with Crippen LogP contribution in [0.25, 0.3) is 0 Å². The van der Waals surface area contributed by atoms with Crippen LogP contribution in [0.15, 0.2) is 42.6 Å². The average molecular weight is 198 g/mol. The van der Waals surface area contributed by atoms with E-state index in [1.165, 1.54) is 0 Å². The molecule has 2 heteroatoms. The minimum absolute atomic E-state index is 0.546. The molecule has 0 fully saturated rings. The second kappa shape index (κ2) is 4.60. The lowest BCUT2D eigenvalue weighted by molar-refractivity contribution is 0.294. The Morgan fingerprint density at radius 3 is 2.67 bits per heavy atom. The Hall–Kier alpha value is -1.83. The highest BCUT2D eigenvalue weighted by Gasteiger charge is 1.95. The first-order valence-electron chi connectivity index (χ1n) is 4.85. The Kier molecular flexibility index (Phi) is 2.98. The van der Waals surface area contributed by atoms with Crippen molar-refractivity contribution in [2.45, 2.75) is 13.5 Å². The van der Waals surface area contributed by atoms with Gasteiger partial charge in [-0.2, -0.15) is 0 Å². The normalized spacial score (nSPS) is 9.93. The average Bonchev–Trinajstić information content (AvgIpc) is 2.30. The third kappa shape index (κ3) is 2.81. The van der Waals surface area contributed by atoms with E-state index in [1.54, 1.807) is 6.20 Å². The number of rotatable bonds is 3. The summed E-state index contributed by atoms with van der Waals surface area (Å²) in [6.07, 6.45) is 1.80. The van der Waals surface area contributed by atoms with Crippen LogP contribution in [-0.2, 0) is 6.61 Å². The van der Waals surface area contributed by atoms with Crippen LogP contribution in [0.3, 0.4) is 0 Å². The molecular formula is C13H12NO. The molecule has 1 aromatic heterocycles. The van der Waals surface area contributed by atoms with E-state index in [0.29, 0.717) is 12.5 Å². The molecule has 0 aliphatic heterocycles. The van der Waals surface area contributed by atoms with Gasteiger partial charge in [-0.1, -0.05) is 30.3 Å². The van der Waals surface area contributed by atoms with E-state index in [4.69, 9.17) is 4.74 Å². The molecule has 1 radical (unpaired) electrons. The first kappa shape index (κ1) is 9.71. The molecule has 0 bridgehead atoms. The van der Waals surface area contributed by atoms with Gasteiger partial charge in [-0.3, -0.25) is 0 Å². The molecule has 0 aliphatic rings. The van der Waals surface area contributed by atoms with Crippen LogP contribution in [0.1, 0.15) is 11.1 Å². The van der Waals surface area contributed by atoms with Gasteiger partial charge in [0.2, 0.25) is 5.88 Å². The van der Waals surface area contributed by atoms with E-state index in [2.05, 4.69) is 11.1 Å². The maximum Gasteiger partial charge on any atom is 0.213 e. The lowest BCUT2D eigenvalue weighted by Gasteiger charge is -2.04. The van der Waals surface area contributed by atoms with Crippen LogP contribution in [0.2, 0.25) is 0 Å². The molecule has 0 saturated carbocycles. The number of aryl methyl sites for hydroxylation is 1. The van der Waals surface area contributed by atoms with E-state index in [9.17, 15) is 0 Å². The van der Waals surface area contributed by atoms with Gasteiger partial charge in [-0.25, -0.2) is 4.98 Å². The van der Waals surface area contributed by atoms with Gasteiger partial charge in [0.25, 0.3) is 0 Å². The van der Waals surface area contributed by atoms with Gasteiger partial charge in [-0.05, 0) is 24.1 Å². The van der Waals surface area contributed by atoms with Crippen molar-refractivity contribution in [2.24, 2.45) is 0 Å². The second-order valence-electron chi connectivity index (χ2n) is 3.37. The molecule has 0 unspecified atom stereocenters. The molecule has 0 aliphatic carbocycles. The monoisotopic (exact) mass is 198 g/mol. The largest absolute Gasteiger partial charge is 0.473 e. The first-order chi connectivity index (χ1) is 7.34. The highest BCUT2D eigenvalue weighted by Crippen LogP contribution is 2.09. The van der Waals surface area contributed by atoms with Crippen molar-refractivity contribution in [3.05, 3.63) is 59.8 Å². The highest BCUT2D eigenvalue weighted by molar-refractivity contribution is 5.18. The molecule has 0 amide bonds. The summed E-state index contributed by atoms with van der Waals surface area (Å²) in [5.41, 5.74) is 2.26. The van der Waals surface area contributed by atoms with Crippen molar-refractivity contribution < 1.29 is 4.74 Å². The van der Waals surface area contributed by atoms with Crippen LogP contribution in [0, 0.1) is 13.0 Å². The summed E-state index contributed by atoms with van der Waals surface area (Å²) >= 11 is 0. The Morgan fingerprint density at radius 2 is 2.00 bits per heavy atom. The predicted molar refractivity (Wildman–Crippen MR) is 58.6 cm³/mol. The van der Waals surface area contributed by atoms with Gasteiger partial charge in [0.05, 0.1) is 0 Å². The van der Waals surface area contributed by atoms with E-state index >= 15 is 0 Å². The summed E-state index contributed by atoms with van der Waals surface area (Å²) in [7, 11) is 0. The quantitative estimate of drug-likeness (QED) is 0.756. The summed E-state index contributed by atoms with van der Waals surface area (Å²) in [6.45, 7) is 2.55. The zero-order chi connectivity index (χ0) is 10.5. The van der Waals surface area contributed by atoms with Crippen LogP contribution in [0.5, 0.6) is 5.88 Å². The van der Waals surface area contributed by atoms with Gasteiger partial charge in [0.15, 0.2) is 0 Å². The number of benzene rings is 1. The zero-order valence-electron chi connectivity index (χ0n) is 8.60. The number of nitrogens with zero attached hydrogens (tertiary/aromatic N) is 1. The smallest absolute Gasteiger partial charge is 0.213 e. The van der Waals surface area contributed by atoms with Crippen LogP contribution >= 0.6 is 0 Å². The fourth-order valence-corrected chi connectivity index (χ4v) is 1.21. The summed E-state index contributed by atoms with van der Waals surface area (Å²) in [4.78, 5) is 4.16. The molecule has 2 aromatic rings. The van der Waals surface area contributed by atoms with Crippen molar-refractivity contribution in [2.75, 3.05) is 0 Å². The molecule has 2 rings (SSSR count). The molecule has 0 saturated heterocycles. The molecule has 0 atom stereocenters. The van der Waals surface area contributed by atoms with Gasteiger partial charge in [0, 0.05) is 12.3 Å². The van der Waals surface area contributed by atoms with Crippen molar-refractivity contribution in [1.29, 1.82) is 0 Å². The molecule has 0 N–H and O–H groups in total. The van der Waals surface area contributed by atoms with Crippen molar-refractivity contribution in [1.82, 2.24) is 4.98 Å². The van der Waals surface area contributed by atoms with Crippen molar-refractivity contribution in [3.63, 3.8) is 0 Å². The SMILES string of the molecule is Cc1ccc(OCc2cc[c]cc2)nc1. The summed E-state index contributed by atoms with van der Waals surface area (Å²) in [5, 5.41) is 0. The number of ether oxygens (including phenoxy) is 1. The second-order valence-corrected chi connectivity index (χ2v) is 3.37. The van der Waals surface area contributed by atoms with Crippen LogP contribution in [0.4, 0.5) is 0 Å². The number of pyridine rings is 1. The van der Waals surface area contributed by atoms with Crippen LogP contribution < -0.4 is 4.74 Å². The lowest BCUT2D eigenvalue weighted by Crippen LogP contribution is -1.96. The summed E-state index contributed by atoms with van der Waals surface area (Å²) < 4.78 is 5.52. The van der Waals surface area contributed by atoms with Gasteiger partial charge >= 0.3 is 0 Å². The first-order valence-corrected chi connectivity index (χ1v) is 4.85. The molecule has 0 spiro atoms. The molecule has 1 aromatic carbocycles. The molecular weight excluding hydrogens is 186 g/mol. The molecule has 75 valence electrons. The van der Waals surface area contributed by atoms with E-state index in [0.717, 1.165) is 11.1 Å². The Morgan fingerprint density at radius 1 is 1.20 bits per heavy atom. The number of hydrogen-bond donors (Lipinski definition) is 0. The topological polar surface area (TPSA) is 22.1 Å². The fourth-order valence-electron chi connectivity index (χ4n) is 1.21. The minimum Gasteiger partial charge on any atom is -0.473 e. The maximum absolute atomic E-state index is 5.52. The predicted octanol–water partition coefficient (Wildman–Crippen LogP) is 2.77. The van der Waals surface area contributed by atoms with Gasteiger partial charge in [0.1, 0.15) is 6.61 Å². The standard InChI is InChI=1S/C13H12NO/c1-11-7-8-13(14-9-11)15-10-12-5-3-2-4-6-12/h3-9H,10H2,1H3. The van der Waals surface area contributed by atoms with E-state index < -0.39 is 0 Å². The summed E-state index contributed by atoms with van der Waals surface area (Å²) in [6, 6.07) is 14.5. The molecule has 1 heterocycles. The summed E-state index contributed by atoms with van der Waals surface area (Å²) in [5.74, 6) is 0.661. The number of hydrogen-bond acceptors (Lipinski definition) is 2.